The van der Waals surface area contributed by atoms with Crippen LogP contribution in [-0.2, 0) is 22.2 Å². The molecule has 132 valence electrons. The number of aryl methyl sites for hydroxylation is 1. The van der Waals surface area contributed by atoms with Crippen LogP contribution in [0.2, 0.25) is 0 Å². The van der Waals surface area contributed by atoms with Gasteiger partial charge >= 0.3 is 0 Å². The summed E-state index contributed by atoms with van der Waals surface area (Å²) in [4.78, 5) is 16.2. The number of carbonyl (C=O) groups is 1. The summed E-state index contributed by atoms with van der Waals surface area (Å²) in [5, 5.41) is 16.9. The van der Waals surface area contributed by atoms with Crippen molar-refractivity contribution in [1.82, 2.24) is 15.5 Å². The summed E-state index contributed by atoms with van der Waals surface area (Å²) in [6, 6.07) is 3.37. The summed E-state index contributed by atoms with van der Waals surface area (Å²) in [6.45, 7) is 7.73. The van der Waals surface area contributed by atoms with Crippen molar-refractivity contribution in [2.45, 2.75) is 58.0 Å². The first-order valence-electron chi connectivity index (χ1n) is 8.04. The summed E-state index contributed by atoms with van der Waals surface area (Å²) < 4.78 is 10.4. The van der Waals surface area contributed by atoms with Crippen molar-refractivity contribution in [3.05, 3.63) is 35.9 Å². The van der Waals surface area contributed by atoms with Gasteiger partial charge in [0.25, 0.3) is 0 Å². The van der Waals surface area contributed by atoms with Crippen LogP contribution < -0.4 is 5.32 Å². The number of aromatic nitrogens is 2. The zero-order chi connectivity index (χ0) is 17.8. The molecule has 2 aromatic heterocycles. The Kier molecular flexibility index (Phi) is 5.43. The average Bonchev–Trinajstić information content (AvgIpc) is 3.16. The Morgan fingerprint density at radius 2 is 2.08 bits per heavy atom. The molecule has 7 nitrogen and oxygen atoms in total. The number of hydrogen-bond acceptors (Lipinski definition) is 6. The molecule has 0 aliphatic rings. The van der Waals surface area contributed by atoms with Gasteiger partial charge in [0.2, 0.25) is 11.8 Å². The maximum absolute atomic E-state index is 11.9. The van der Waals surface area contributed by atoms with Crippen molar-refractivity contribution >= 4 is 5.91 Å². The fourth-order valence-corrected chi connectivity index (χ4v) is 2.09. The van der Waals surface area contributed by atoms with E-state index in [4.69, 9.17) is 8.94 Å². The number of carbonyl (C=O) groups excluding carboxylic acids is 1. The first-order chi connectivity index (χ1) is 11.2. The Morgan fingerprint density at radius 3 is 2.67 bits per heavy atom. The number of hydrogen-bond donors (Lipinski definition) is 2. The van der Waals surface area contributed by atoms with Gasteiger partial charge in [0.05, 0.1) is 12.8 Å². The molecular weight excluding hydrogens is 310 g/mol. The highest BCUT2D eigenvalue weighted by atomic mass is 16.5. The van der Waals surface area contributed by atoms with E-state index in [0.717, 1.165) is 0 Å². The summed E-state index contributed by atoms with van der Waals surface area (Å²) in [5.41, 5.74) is -1.39. The predicted octanol–water partition coefficient (Wildman–Crippen LogP) is 2.31. The smallest absolute Gasteiger partial charge is 0.226 e. The highest BCUT2D eigenvalue weighted by Crippen LogP contribution is 2.20. The molecule has 0 saturated carbocycles. The first kappa shape index (κ1) is 18.2. The molecule has 0 spiro atoms. The standard InChI is InChI=1S/C17H25N3O4/c1-16(2,3)15-19-14(24-20-15)9-5-8-13(21)18-11-17(4,22)12-7-6-10-23-12/h6-7,10,22H,5,8-9,11H2,1-4H3,(H,18,21). The monoisotopic (exact) mass is 335 g/mol. The number of furan rings is 1. The van der Waals surface area contributed by atoms with Gasteiger partial charge in [0, 0.05) is 18.3 Å². The van der Waals surface area contributed by atoms with E-state index in [1.165, 1.54) is 6.26 Å². The Bertz CT molecular complexity index is 654. The first-order valence-corrected chi connectivity index (χ1v) is 8.04. The SMILES string of the molecule is CC(C)(C)c1noc(CCCC(=O)NCC(C)(O)c2ccco2)n1. The molecule has 2 aromatic rings. The molecule has 0 fully saturated rings. The van der Waals surface area contributed by atoms with Gasteiger partial charge in [-0.15, -0.1) is 0 Å². The minimum absolute atomic E-state index is 0.0913. The van der Waals surface area contributed by atoms with E-state index in [1.54, 1.807) is 19.1 Å². The number of aliphatic hydroxyl groups is 1. The fraction of sp³-hybridized carbons (Fsp3) is 0.588. The topological polar surface area (TPSA) is 101 Å². The highest BCUT2D eigenvalue weighted by molar-refractivity contribution is 5.75. The van der Waals surface area contributed by atoms with Crippen molar-refractivity contribution in [2.24, 2.45) is 0 Å². The van der Waals surface area contributed by atoms with E-state index < -0.39 is 5.60 Å². The lowest BCUT2D eigenvalue weighted by Gasteiger charge is -2.21. The normalized spacial score (nSPS) is 14.4. The minimum Gasteiger partial charge on any atom is -0.466 e. The number of nitrogens with one attached hydrogen (secondary N) is 1. The molecule has 7 heteroatoms. The molecule has 1 atom stereocenters. The van der Waals surface area contributed by atoms with Crippen LogP contribution in [-0.4, -0.2) is 27.7 Å². The Morgan fingerprint density at radius 1 is 1.33 bits per heavy atom. The summed E-state index contributed by atoms with van der Waals surface area (Å²) in [6.07, 6.45) is 2.95. The van der Waals surface area contributed by atoms with Crippen molar-refractivity contribution in [3.63, 3.8) is 0 Å². The zero-order valence-corrected chi connectivity index (χ0v) is 14.6. The van der Waals surface area contributed by atoms with E-state index in [1.807, 2.05) is 20.8 Å². The van der Waals surface area contributed by atoms with Crippen molar-refractivity contribution in [3.8, 4) is 0 Å². The van der Waals surface area contributed by atoms with E-state index in [0.29, 0.717) is 36.7 Å². The Hall–Kier alpha value is -2.15. The highest BCUT2D eigenvalue weighted by Gasteiger charge is 2.26. The van der Waals surface area contributed by atoms with Crippen LogP contribution in [0, 0.1) is 0 Å². The Labute approximate surface area is 141 Å². The summed E-state index contributed by atoms with van der Waals surface area (Å²) >= 11 is 0. The fourth-order valence-electron chi connectivity index (χ4n) is 2.09. The molecule has 0 bridgehead atoms. The third-order valence-corrected chi connectivity index (χ3v) is 3.62. The minimum atomic E-state index is -1.23. The molecule has 0 aromatic carbocycles. The summed E-state index contributed by atoms with van der Waals surface area (Å²) in [5.74, 6) is 1.48. The van der Waals surface area contributed by atoms with Gasteiger partial charge in [0.15, 0.2) is 5.82 Å². The van der Waals surface area contributed by atoms with Crippen molar-refractivity contribution in [2.75, 3.05) is 6.54 Å². The van der Waals surface area contributed by atoms with Crippen molar-refractivity contribution in [1.29, 1.82) is 0 Å². The lowest BCUT2D eigenvalue weighted by Crippen LogP contribution is -2.38. The molecule has 2 heterocycles. The van der Waals surface area contributed by atoms with Gasteiger partial charge < -0.3 is 19.4 Å². The van der Waals surface area contributed by atoms with Gasteiger partial charge in [-0.1, -0.05) is 25.9 Å². The molecule has 1 amide bonds. The van der Waals surface area contributed by atoms with E-state index in [-0.39, 0.29) is 17.9 Å². The molecule has 24 heavy (non-hydrogen) atoms. The van der Waals surface area contributed by atoms with Gasteiger partial charge in [-0.3, -0.25) is 4.79 Å². The third kappa shape index (κ3) is 4.92. The number of nitrogens with zero attached hydrogens (tertiary/aromatic N) is 2. The van der Waals surface area contributed by atoms with Gasteiger partial charge in [0.1, 0.15) is 11.4 Å². The van der Waals surface area contributed by atoms with Crippen LogP contribution in [0.3, 0.4) is 0 Å². The van der Waals surface area contributed by atoms with Gasteiger partial charge in [-0.2, -0.15) is 4.98 Å². The van der Waals surface area contributed by atoms with E-state index in [9.17, 15) is 9.90 Å². The summed E-state index contributed by atoms with van der Waals surface area (Å²) in [7, 11) is 0. The molecule has 0 aliphatic heterocycles. The molecular formula is C17H25N3O4. The quantitative estimate of drug-likeness (QED) is 0.805. The molecule has 0 radical (unpaired) electrons. The maximum atomic E-state index is 11.9. The van der Waals surface area contributed by atoms with Crippen LogP contribution in [0.1, 0.15) is 58.0 Å². The van der Waals surface area contributed by atoms with Crippen molar-refractivity contribution < 1.29 is 18.8 Å². The second kappa shape index (κ2) is 7.17. The second-order valence-electron chi connectivity index (χ2n) is 7.14. The predicted molar refractivity (Wildman–Crippen MR) is 87.2 cm³/mol. The molecule has 2 rings (SSSR count). The van der Waals surface area contributed by atoms with Gasteiger partial charge in [-0.25, -0.2) is 0 Å². The largest absolute Gasteiger partial charge is 0.466 e. The van der Waals surface area contributed by atoms with E-state index in [2.05, 4.69) is 15.5 Å². The van der Waals surface area contributed by atoms with Crippen LogP contribution in [0.4, 0.5) is 0 Å². The molecule has 0 saturated heterocycles. The van der Waals surface area contributed by atoms with Crippen LogP contribution in [0.25, 0.3) is 0 Å². The van der Waals surface area contributed by atoms with Crippen LogP contribution in [0.5, 0.6) is 0 Å². The lowest BCUT2D eigenvalue weighted by molar-refractivity contribution is -0.122. The van der Waals surface area contributed by atoms with Crippen LogP contribution in [0.15, 0.2) is 27.3 Å². The maximum Gasteiger partial charge on any atom is 0.226 e. The molecule has 2 N–H and O–H groups in total. The third-order valence-electron chi connectivity index (χ3n) is 3.62. The molecule has 1 unspecified atom stereocenters. The Balaban J connectivity index is 1.73. The van der Waals surface area contributed by atoms with E-state index >= 15 is 0 Å². The molecule has 0 aliphatic carbocycles. The average molecular weight is 335 g/mol. The number of amides is 1. The number of rotatable bonds is 7. The second-order valence-corrected chi connectivity index (χ2v) is 7.14. The zero-order valence-electron chi connectivity index (χ0n) is 14.6. The lowest BCUT2D eigenvalue weighted by atomic mass is 9.96. The van der Waals surface area contributed by atoms with Crippen LogP contribution >= 0.6 is 0 Å². The van der Waals surface area contributed by atoms with Gasteiger partial charge in [-0.05, 0) is 25.5 Å².